The highest BCUT2D eigenvalue weighted by Gasteiger charge is 2.08. The van der Waals surface area contributed by atoms with Gasteiger partial charge >= 0.3 is 0 Å². The van der Waals surface area contributed by atoms with Crippen molar-refractivity contribution in [2.24, 2.45) is 0 Å². The summed E-state index contributed by atoms with van der Waals surface area (Å²) in [5.74, 6) is 7.03. The molecular formula is C12H10N4O. The predicted octanol–water partition coefficient (Wildman–Crippen LogP) is 1.94. The first-order valence-electron chi connectivity index (χ1n) is 5.17. The van der Waals surface area contributed by atoms with Gasteiger partial charge in [-0.15, -0.1) is 5.10 Å². The average Bonchev–Trinajstić information content (AvgIpc) is 2.74. The predicted molar refractivity (Wildman–Crippen MR) is 64.2 cm³/mol. The van der Waals surface area contributed by atoms with Crippen LogP contribution in [0.2, 0.25) is 0 Å². The van der Waals surface area contributed by atoms with Gasteiger partial charge in [-0.05, 0) is 29.5 Å². The highest BCUT2D eigenvalue weighted by atomic mass is 16.5. The van der Waals surface area contributed by atoms with E-state index in [-0.39, 0.29) is 0 Å². The number of hydrogen-bond acceptors (Lipinski definition) is 4. The van der Waals surface area contributed by atoms with Crippen molar-refractivity contribution in [2.75, 3.05) is 5.84 Å². The molecule has 0 amide bonds. The monoisotopic (exact) mass is 226 g/mol. The zero-order chi connectivity index (χ0) is 11.7. The molecule has 84 valence electrons. The van der Waals surface area contributed by atoms with E-state index in [1.54, 1.807) is 0 Å². The third kappa shape index (κ3) is 1.67. The van der Waals surface area contributed by atoms with Crippen LogP contribution in [-0.2, 0) is 0 Å². The Morgan fingerprint density at radius 2 is 1.82 bits per heavy atom. The van der Waals surface area contributed by atoms with E-state index in [0.29, 0.717) is 11.3 Å². The van der Waals surface area contributed by atoms with Crippen molar-refractivity contribution in [2.45, 2.75) is 0 Å². The third-order valence-corrected chi connectivity index (χ3v) is 2.44. The van der Waals surface area contributed by atoms with Crippen molar-refractivity contribution in [3.8, 4) is 11.5 Å². The Kier molecular flexibility index (Phi) is 2.15. The van der Waals surface area contributed by atoms with Crippen LogP contribution in [0.25, 0.3) is 11.0 Å². The van der Waals surface area contributed by atoms with Crippen LogP contribution in [0, 0.1) is 0 Å². The number of fused-ring (bicyclic) bond motifs is 1. The second-order valence-corrected chi connectivity index (χ2v) is 3.57. The second-order valence-electron chi connectivity index (χ2n) is 3.57. The van der Waals surface area contributed by atoms with Gasteiger partial charge in [-0.3, -0.25) is 0 Å². The van der Waals surface area contributed by atoms with E-state index in [1.165, 1.54) is 4.79 Å². The Morgan fingerprint density at radius 3 is 2.65 bits per heavy atom. The molecule has 5 heteroatoms. The maximum absolute atomic E-state index is 5.73. The number of aromatic nitrogens is 3. The Labute approximate surface area is 97.4 Å². The molecule has 0 bridgehead atoms. The highest BCUT2D eigenvalue weighted by Crippen LogP contribution is 2.27. The molecule has 0 atom stereocenters. The molecule has 2 aromatic carbocycles. The van der Waals surface area contributed by atoms with Crippen molar-refractivity contribution in [3.05, 3.63) is 48.5 Å². The molecule has 0 saturated heterocycles. The van der Waals surface area contributed by atoms with Crippen LogP contribution in [0.15, 0.2) is 48.5 Å². The highest BCUT2D eigenvalue weighted by molar-refractivity contribution is 5.81. The van der Waals surface area contributed by atoms with Gasteiger partial charge in [-0.2, -0.15) is 4.79 Å². The van der Waals surface area contributed by atoms with Crippen molar-refractivity contribution >= 4 is 11.0 Å². The minimum Gasteiger partial charge on any atom is -0.455 e. The number of hydrogen-bond donors (Lipinski definition) is 1. The lowest BCUT2D eigenvalue weighted by atomic mass is 10.3. The lowest BCUT2D eigenvalue weighted by molar-refractivity contribution is 0.487. The minimum absolute atomic E-state index is 0.644. The van der Waals surface area contributed by atoms with E-state index >= 15 is 0 Å². The average molecular weight is 226 g/mol. The first-order valence-corrected chi connectivity index (χ1v) is 5.17. The number of ether oxygens (including phenoxy) is 1. The summed E-state index contributed by atoms with van der Waals surface area (Å²) in [6, 6.07) is 15.1. The first-order chi connectivity index (χ1) is 8.34. The Bertz CT molecular complexity index is 648. The van der Waals surface area contributed by atoms with Crippen LogP contribution in [0.3, 0.4) is 0 Å². The smallest absolute Gasteiger partial charge is 0.157 e. The largest absolute Gasteiger partial charge is 0.455 e. The molecule has 0 aliphatic carbocycles. The number of rotatable bonds is 2. The topological polar surface area (TPSA) is 66.0 Å². The van der Waals surface area contributed by atoms with Gasteiger partial charge in [0.1, 0.15) is 11.3 Å². The normalized spacial score (nSPS) is 10.6. The van der Waals surface area contributed by atoms with Crippen LogP contribution >= 0.6 is 0 Å². The Balaban J connectivity index is 2.06. The maximum Gasteiger partial charge on any atom is 0.157 e. The van der Waals surface area contributed by atoms with Crippen LogP contribution in [0.4, 0.5) is 0 Å². The lowest BCUT2D eigenvalue weighted by Crippen LogP contribution is -2.09. The SMILES string of the molecule is Nn1nnc2c(Oc3ccccc3)cccc21. The van der Waals surface area contributed by atoms with Crippen LogP contribution in [0.5, 0.6) is 11.5 Å². The summed E-state index contributed by atoms with van der Waals surface area (Å²) < 4.78 is 5.73. The molecule has 0 saturated carbocycles. The van der Waals surface area contributed by atoms with E-state index in [9.17, 15) is 0 Å². The van der Waals surface area contributed by atoms with Gasteiger partial charge in [0.25, 0.3) is 0 Å². The summed E-state index contributed by atoms with van der Waals surface area (Å²) in [5, 5.41) is 7.74. The maximum atomic E-state index is 5.73. The molecule has 2 N–H and O–H groups in total. The van der Waals surface area contributed by atoms with E-state index in [1.807, 2.05) is 48.5 Å². The second kappa shape index (κ2) is 3.79. The number of nitrogens with zero attached hydrogens (tertiary/aromatic N) is 3. The third-order valence-electron chi connectivity index (χ3n) is 2.44. The lowest BCUT2D eigenvalue weighted by Gasteiger charge is -2.05. The fourth-order valence-corrected chi connectivity index (χ4v) is 1.64. The van der Waals surface area contributed by atoms with Crippen LogP contribution < -0.4 is 10.6 Å². The molecular weight excluding hydrogens is 216 g/mol. The van der Waals surface area contributed by atoms with E-state index < -0.39 is 0 Å². The Morgan fingerprint density at radius 1 is 1.00 bits per heavy atom. The molecule has 3 rings (SSSR count). The molecule has 0 spiro atoms. The standard InChI is InChI=1S/C12H10N4O/c13-16-10-7-4-8-11(12(10)14-15-16)17-9-5-2-1-3-6-9/h1-8H,13H2. The van der Waals surface area contributed by atoms with Gasteiger partial charge in [-0.25, -0.2) is 0 Å². The molecule has 0 aliphatic heterocycles. The quantitative estimate of drug-likeness (QED) is 0.678. The fourth-order valence-electron chi connectivity index (χ4n) is 1.64. The van der Waals surface area contributed by atoms with Crippen molar-refractivity contribution < 1.29 is 4.74 Å². The van der Waals surface area contributed by atoms with E-state index in [4.69, 9.17) is 10.6 Å². The van der Waals surface area contributed by atoms with Gasteiger partial charge in [-0.1, -0.05) is 24.3 Å². The summed E-state index contributed by atoms with van der Waals surface area (Å²) in [7, 11) is 0. The molecule has 3 aromatic rings. The van der Waals surface area contributed by atoms with Crippen LogP contribution in [-0.4, -0.2) is 15.1 Å². The van der Waals surface area contributed by atoms with Crippen molar-refractivity contribution in [3.63, 3.8) is 0 Å². The zero-order valence-corrected chi connectivity index (χ0v) is 8.95. The summed E-state index contributed by atoms with van der Waals surface area (Å²) in [4.78, 5) is 1.23. The molecule has 0 unspecified atom stereocenters. The summed E-state index contributed by atoms with van der Waals surface area (Å²) >= 11 is 0. The zero-order valence-electron chi connectivity index (χ0n) is 8.95. The number of para-hydroxylation sites is 1. The van der Waals surface area contributed by atoms with Gasteiger partial charge in [0.2, 0.25) is 0 Å². The van der Waals surface area contributed by atoms with E-state index in [0.717, 1.165) is 11.3 Å². The minimum atomic E-state index is 0.644. The molecule has 17 heavy (non-hydrogen) atoms. The molecule has 1 heterocycles. The summed E-state index contributed by atoms with van der Waals surface area (Å²) in [6.07, 6.45) is 0. The van der Waals surface area contributed by atoms with Crippen molar-refractivity contribution in [1.29, 1.82) is 0 Å². The van der Waals surface area contributed by atoms with Gasteiger partial charge in [0.15, 0.2) is 11.3 Å². The summed E-state index contributed by atoms with van der Waals surface area (Å²) in [6.45, 7) is 0. The number of nitrogen functional groups attached to an aromatic ring is 1. The van der Waals surface area contributed by atoms with E-state index in [2.05, 4.69) is 10.3 Å². The first kappa shape index (κ1) is 9.65. The van der Waals surface area contributed by atoms with Gasteiger partial charge in [0, 0.05) is 0 Å². The summed E-state index contributed by atoms with van der Waals surface area (Å²) in [5.41, 5.74) is 1.39. The molecule has 0 fully saturated rings. The van der Waals surface area contributed by atoms with Gasteiger partial charge < -0.3 is 10.6 Å². The Hall–Kier alpha value is -2.56. The number of benzene rings is 2. The molecule has 0 aliphatic rings. The van der Waals surface area contributed by atoms with Gasteiger partial charge in [0.05, 0.1) is 0 Å². The molecule has 5 nitrogen and oxygen atoms in total. The number of nitrogens with two attached hydrogens (primary N) is 1. The van der Waals surface area contributed by atoms with Crippen LogP contribution in [0.1, 0.15) is 0 Å². The molecule has 0 radical (unpaired) electrons. The fraction of sp³-hybridized carbons (Fsp3) is 0. The van der Waals surface area contributed by atoms with Crippen molar-refractivity contribution in [1.82, 2.24) is 15.1 Å². The molecule has 1 aromatic heterocycles.